The molecule has 0 aliphatic heterocycles. The third-order valence-electron chi connectivity index (χ3n) is 4.69. The van der Waals surface area contributed by atoms with E-state index in [4.69, 9.17) is 51.1 Å². The van der Waals surface area contributed by atoms with E-state index in [1.165, 1.54) is 6.92 Å². The van der Waals surface area contributed by atoms with E-state index in [0.717, 1.165) is 56.9 Å². The third kappa shape index (κ3) is 9.43. The Labute approximate surface area is 236 Å². The van der Waals surface area contributed by atoms with Crippen LogP contribution in [0.1, 0.15) is 6.92 Å². The monoisotopic (exact) mass is 669 g/mol. The second kappa shape index (κ2) is 16.3. The number of aromatic nitrogens is 3. The van der Waals surface area contributed by atoms with Gasteiger partial charge in [-0.2, -0.15) is 33.9 Å². The molecule has 1 aromatic heterocycles. The Balaban J connectivity index is 3.36. The molecule has 0 atom stereocenters. The van der Waals surface area contributed by atoms with E-state index in [0.29, 0.717) is 0 Å². The average Bonchev–Trinajstić information content (AvgIpc) is 3.00. The van der Waals surface area contributed by atoms with Crippen LogP contribution in [0.4, 0.5) is 0 Å². The third-order valence-corrected chi connectivity index (χ3v) is 11.5. The molecule has 0 aromatic carbocycles. The van der Waals surface area contributed by atoms with Gasteiger partial charge in [0.1, 0.15) is 18.7 Å². The minimum Gasteiger partial charge on any atom is -0.460 e. The number of hydrogen-bond acceptors (Lipinski definition) is 18. The highest BCUT2D eigenvalue weighted by molar-refractivity contribution is 7.72. The van der Waals surface area contributed by atoms with Crippen molar-refractivity contribution in [1.82, 2.24) is 15.0 Å². The van der Waals surface area contributed by atoms with E-state index < -0.39 is 59.5 Å². The Morgan fingerprint density at radius 2 is 1.34 bits per heavy atom. The van der Waals surface area contributed by atoms with E-state index in [1.807, 2.05) is 0 Å². The largest absolute Gasteiger partial charge is 0.486 e. The number of aliphatic imine (C=N–C) groups is 2. The summed E-state index contributed by atoms with van der Waals surface area (Å²) in [6, 6.07) is -1.08. The molecule has 234 valence electrons. The highest BCUT2D eigenvalue weighted by Crippen LogP contribution is 2.53. The topological polar surface area (TPSA) is 251 Å². The number of rotatable bonds is 16. The molecule has 1 rings (SSSR count). The molecule has 0 saturated heterocycles. The molecular weight excluding hydrogens is 636 g/mol. The Kier molecular flexibility index (Phi) is 14.9. The quantitative estimate of drug-likeness (QED) is 0.110. The maximum Gasteiger partial charge on any atom is 0.486 e. The zero-order valence-corrected chi connectivity index (χ0v) is 27.3. The van der Waals surface area contributed by atoms with Gasteiger partial charge < -0.3 is 36.6 Å². The SMILES string of the molecule is COP(=O)(OC)C(=N)N=C(N=C(C)P(=O)(OC)OC)OCCOc1nc(P(=O)(OC)OC)nc([P+](O)(OC)OC)n1. The molecule has 20 nitrogen and oxygen atoms in total. The molecule has 0 spiro atoms. The Morgan fingerprint density at radius 1 is 0.805 bits per heavy atom. The van der Waals surface area contributed by atoms with Gasteiger partial charge in [-0.3, -0.25) is 19.1 Å². The van der Waals surface area contributed by atoms with Crippen LogP contribution in [0.2, 0.25) is 0 Å². The summed E-state index contributed by atoms with van der Waals surface area (Å²) in [4.78, 5) is 30.0. The molecule has 2 N–H and O–H groups in total. The highest BCUT2D eigenvalue weighted by atomic mass is 31.2. The van der Waals surface area contributed by atoms with E-state index in [-0.39, 0.29) is 18.7 Å². The van der Waals surface area contributed by atoms with Crippen LogP contribution < -0.4 is 15.9 Å². The summed E-state index contributed by atoms with van der Waals surface area (Å²) in [6.07, 6.45) is 0. The fourth-order valence-electron chi connectivity index (χ4n) is 2.42. The van der Waals surface area contributed by atoms with Crippen molar-refractivity contribution in [2.24, 2.45) is 9.98 Å². The van der Waals surface area contributed by atoms with Crippen molar-refractivity contribution in [3.63, 3.8) is 0 Å². The molecule has 0 amide bonds. The van der Waals surface area contributed by atoms with Gasteiger partial charge in [-0.05, 0) is 6.92 Å². The molecule has 24 heteroatoms. The summed E-state index contributed by atoms with van der Waals surface area (Å²) < 4.78 is 87.9. The lowest BCUT2D eigenvalue weighted by Gasteiger charge is -2.16. The maximum atomic E-state index is 12.9. The van der Waals surface area contributed by atoms with Crippen LogP contribution in [0.15, 0.2) is 9.98 Å². The smallest absolute Gasteiger partial charge is 0.460 e. The van der Waals surface area contributed by atoms with Crippen LogP contribution >= 0.6 is 30.7 Å². The van der Waals surface area contributed by atoms with Crippen molar-refractivity contribution >= 4 is 58.9 Å². The van der Waals surface area contributed by atoms with Crippen molar-refractivity contribution < 1.29 is 64.3 Å². The average molecular weight is 669 g/mol. The lowest BCUT2D eigenvalue weighted by atomic mass is 10.7. The number of amidine groups is 2. The first kappa shape index (κ1) is 37.4. The molecule has 0 bridgehead atoms. The Hall–Kier alpha value is -1.62. The van der Waals surface area contributed by atoms with E-state index in [2.05, 4.69) is 24.9 Å². The molecule has 0 fully saturated rings. The standard InChI is InChI=1S/C17H33N6O14P4/c1-12(38(24,28-2)29-3)19-14(20-13(18)39(25,30-4)31-5)36-10-11-37-15-21-16(40(26,32-6)33-7)23-17(22-15)41(27,34-8)35-9/h18,26H,10-11H2,1-9H3/q+1. The van der Waals surface area contributed by atoms with Crippen LogP contribution in [0.5, 0.6) is 6.01 Å². The molecule has 0 radical (unpaired) electrons. The first-order valence-corrected chi connectivity index (χ1v) is 17.0. The van der Waals surface area contributed by atoms with Gasteiger partial charge >= 0.3 is 48.3 Å². The van der Waals surface area contributed by atoms with Crippen molar-refractivity contribution in [3.8, 4) is 6.01 Å². The van der Waals surface area contributed by atoms with Gasteiger partial charge in [-0.1, -0.05) is 0 Å². The lowest BCUT2D eigenvalue weighted by molar-refractivity contribution is 0.196. The van der Waals surface area contributed by atoms with Gasteiger partial charge in [0.2, 0.25) is 5.58 Å². The number of ether oxygens (including phenoxy) is 2. The summed E-state index contributed by atoms with van der Waals surface area (Å²) in [7, 11) is -7.01. The van der Waals surface area contributed by atoms with Crippen molar-refractivity contribution in [2.75, 3.05) is 70.1 Å². The number of nitrogens with one attached hydrogen (secondary N) is 1. The van der Waals surface area contributed by atoms with Gasteiger partial charge in [0, 0.05) is 42.7 Å². The molecule has 1 aromatic rings. The zero-order valence-electron chi connectivity index (χ0n) is 23.7. The van der Waals surface area contributed by atoms with Gasteiger partial charge in [0.25, 0.3) is 5.57 Å². The number of nitrogens with zero attached hydrogens (tertiary/aromatic N) is 5. The fraction of sp³-hybridized carbons (Fsp3) is 0.647. The van der Waals surface area contributed by atoms with Crippen molar-refractivity contribution in [1.29, 1.82) is 5.41 Å². The summed E-state index contributed by atoms with van der Waals surface area (Å²) in [5.74, 6) is 0. The Bertz CT molecular complexity index is 1240. The second-order valence-electron chi connectivity index (χ2n) is 6.77. The molecule has 41 heavy (non-hydrogen) atoms. The first-order chi connectivity index (χ1) is 19.2. The number of hydrogen-bond donors (Lipinski definition) is 2. The summed E-state index contributed by atoms with van der Waals surface area (Å²) >= 11 is 0. The van der Waals surface area contributed by atoms with Crippen LogP contribution in [0.3, 0.4) is 0 Å². The molecule has 0 saturated carbocycles. The zero-order chi connectivity index (χ0) is 31.5. The van der Waals surface area contributed by atoms with Crippen LogP contribution in [0.25, 0.3) is 0 Å². The van der Waals surface area contributed by atoms with Crippen molar-refractivity contribution in [3.05, 3.63) is 0 Å². The second-order valence-corrected chi connectivity index (χ2v) is 15.6. The van der Waals surface area contributed by atoms with Gasteiger partial charge in [0.15, 0.2) is 0 Å². The summed E-state index contributed by atoms with van der Waals surface area (Å²) in [5.41, 5.74) is -2.07. The van der Waals surface area contributed by atoms with E-state index in [9.17, 15) is 18.6 Å². The first-order valence-electron chi connectivity index (χ1n) is 10.8. The van der Waals surface area contributed by atoms with Crippen LogP contribution in [-0.2, 0) is 54.6 Å². The predicted molar refractivity (Wildman–Crippen MR) is 147 cm³/mol. The summed E-state index contributed by atoms with van der Waals surface area (Å²) in [6.45, 7) is 0.546. The normalized spacial score (nSPS) is 13.8. The van der Waals surface area contributed by atoms with Crippen LogP contribution in [-0.4, -0.2) is 107 Å². The Morgan fingerprint density at radius 3 is 1.80 bits per heavy atom. The van der Waals surface area contributed by atoms with Gasteiger partial charge in [0.05, 0.1) is 14.2 Å². The minimum absolute atomic E-state index is 0.219. The molecule has 1 heterocycles. The van der Waals surface area contributed by atoms with E-state index in [1.54, 1.807) is 0 Å². The van der Waals surface area contributed by atoms with Crippen molar-refractivity contribution in [2.45, 2.75) is 6.92 Å². The molecule has 0 aliphatic carbocycles. The lowest BCUT2D eigenvalue weighted by Crippen LogP contribution is -2.31. The molecule has 0 aliphatic rings. The summed E-state index contributed by atoms with van der Waals surface area (Å²) in [5, 5.41) is 7.98. The van der Waals surface area contributed by atoms with Gasteiger partial charge in [-0.15, -0.1) is 4.98 Å². The molecular formula is C17H33N6O14P4+. The minimum atomic E-state index is -4.10. The fourth-order valence-corrected chi connectivity index (χ4v) is 5.89. The molecule has 0 unspecified atom stereocenters. The van der Waals surface area contributed by atoms with Gasteiger partial charge in [-0.25, -0.2) is 0 Å². The predicted octanol–water partition coefficient (Wildman–Crippen LogP) is 1.73. The van der Waals surface area contributed by atoms with Crippen LogP contribution in [0, 0.1) is 5.41 Å². The maximum absolute atomic E-state index is 12.9. The highest BCUT2D eigenvalue weighted by Gasteiger charge is 2.48. The van der Waals surface area contributed by atoms with E-state index >= 15 is 0 Å².